The van der Waals surface area contributed by atoms with Gasteiger partial charge in [0.15, 0.2) is 0 Å². The van der Waals surface area contributed by atoms with Crippen LogP contribution in [0.3, 0.4) is 0 Å². The van der Waals surface area contributed by atoms with Crippen LogP contribution in [0.2, 0.25) is 0 Å². The molecule has 0 bridgehead atoms. The first kappa shape index (κ1) is 43.5. The Morgan fingerprint density at radius 3 is 2.34 bits per heavy atom. The van der Waals surface area contributed by atoms with Gasteiger partial charge >= 0.3 is 0 Å². The molecule has 1 aliphatic rings. The summed E-state index contributed by atoms with van der Waals surface area (Å²) in [5.74, 6) is 7.86. The van der Waals surface area contributed by atoms with E-state index in [1.807, 2.05) is 14.1 Å². The first-order valence-corrected chi connectivity index (χ1v) is 20.5. The van der Waals surface area contributed by atoms with Gasteiger partial charge in [-0.1, -0.05) is 123 Å². The lowest BCUT2D eigenvalue weighted by Crippen LogP contribution is -2.41. The Bertz CT molecular complexity index is 1820. The molecule has 0 saturated heterocycles. The third-order valence-electron chi connectivity index (χ3n) is 10.3. The highest BCUT2D eigenvalue weighted by molar-refractivity contribution is 8.10. The van der Waals surface area contributed by atoms with Gasteiger partial charge in [-0.2, -0.15) is 0 Å². The van der Waals surface area contributed by atoms with Gasteiger partial charge in [0, 0.05) is 60.2 Å². The molecule has 288 valence electrons. The third kappa shape index (κ3) is 10.8. The minimum Gasteiger partial charge on any atom is -0.375 e. The molecule has 0 spiro atoms. The Hall–Kier alpha value is -3.92. The Morgan fingerprint density at radius 1 is 1.06 bits per heavy atom. The summed E-state index contributed by atoms with van der Waals surface area (Å²) in [5.41, 5.74) is 10.8. The Labute approximate surface area is 326 Å². The van der Waals surface area contributed by atoms with Gasteiger partial charge < -0.3 is 19.1 Å². The van der Waals surface area contributed by atoms with E-state index in [0.717, 1.165) is 48.6 Å². The van der Waals surface area contributed by atoms with E-state index in [9.17, 15) is 0 Å². The summed E-state index contributed by atoms with van der Waals surface area (Å²) in [6.45, 7) is 26.9. The van der Waals surface area contributed by atoms with Gasteiger partial charge in [0.05, 0.1) is 5.69 Å². The summed E-state index contributed by atoms with van der Waals surface area (Å²) in [7, 11) is 5.80. The predicted octanol–water partition coefficient (Wildman–Crippen LogP) is 11.8. The highest BCUT2D eigenvalue weighted by Crippen LogP contribution is 2.45. The van der Waals surface area contributed by atoms with Crippen molar-refractivity contribution in [2.45, 2.75) is 105 Å². The molecule has 2 unspecified atom stereocenters. The van der Waals surface area contributed by atoms with Crippen LogP contribution in [0.5, 0.6) is 0 Å². The number of hydrogen-bond donors (Lipinski definition) is 1. The molecule has 5 nitrogen and oxygen atoms in total. The minimum atomic E-state index is -0.363. The monoisotopic (exact) mass is 736 g/mol. The van der Waals surface area contributed by atoms with Crippen molar-refractivity contribution in [2.24, 2.45) is 5.41 Å². The van der Waals surface area contributed by atoms with Gasteiger partial charge in [0.1, 0.15) is 6.04 Å². The molecule has 1 fully saturated rings. The summed E-state index contributed by atoms with van der Waals surface area (Å²) in [4.78, 5) is 4.44. The van der Waals surface area contributed by atoms with Gasteiger partial charge in [0.25, 0.3) is 0 Å². The SMILES string of the molecule is C.C#CC(CN(C)C(=C)CC(C)(C)C)N(CC)C(=C)/C=C/c1ccccc1-c1c(C2CCCCC2)c2ccc(C(=C)NS(=C)N(C)C)cc2n1CCC. The minimum absolute atomic E-state index is 0. The number of aryl methyl sites for hydroxylation is 1. The second-order valence-corrected chi connectivity index (χ2v) is 17.5. The number of likely N-dealkylation sites (N-methyl/N-ethyl adjacent to an activating group) is 2. The van der Waals surface area contributed by atoms with E-state index < -0.39 is 0 Å². The number of nitrogens with one attached hydrogen (secondary N) is 1. The van der Waals surface area contributed by atoms with Crippen molar-refractivity contribution in [3.8, 4) is 23.6 Å². The molecule has 1 saturated carbocycles. The van der Waals surface area contributed by atoms with Crippen molar-refractivity contribution in [3.63, 3.8) is 0 Å². The number of rotatable bonds is 17. The number of hydrogen-bond acceptors (Lipinski definition) is 4. The molecule has 0 radical (unpaired) electrons. The van der Waals surface area contributed by atoms with Crippen LogP contribution in [0.1, 0.15) is 110 Å². The summed E-state index contributed by atoms with van der Waals surface area (Å²) >= 11 is 0. The van der Waals surface area contributed by atoms with E-state index in [1.54, 1.807) is 0 Å². The van der Waals surface area contributed by atoms with Gasteiger partial charge in [-0.3, -0.25) is 0 Å². The molecule has 1 N–H and O–H groups in total. The quantitative estimate of drug-likeness (QED) is 0.0848. The molecule has 0 aliphatic heterocycles. The molecule has 53 heavy (non-hydrogen) atoms. The average Bonchev–Trinajstić information content (AvgIpc) is 3.43. The normalized spacial score (nSPS) is 14.8. The zero-order valence-electron chi connectivity index (χ0n) is 33.5. The number of aromatic nitrogens is 1. The van der Waals surface area contributed by atoms with E-state index in [2.05, 4.69) is 151 Å². The lowest BCUT2D eigenvalue weighted by molar-refractivity contribution is 0.248. The Kier molecular flexibility index (Phi) is 15.9. The lowest BCUT2D eigenvalue weighted by atomic mass is 9.81. The van der Waals surface area contributed by atoms with Gasteiger partial charge in [0.2, 0.25) is 0 Å². The van der Waals surface area contributed by atoms with Crippen LogP contribution in [0, 0.1) is 17.8 Å². The van der Waals surface area contributed by atoms with Crippen LogP contribution in [0.15, 0.2) is 79.7 Å². The van der Waals surface area contributed by atoms with Crippen LogP contribution in [-0.2, 0) is 6.54 Å². The average molecular weight is 736 g/mol. The number of benzene rings is 2. The van der Waals surface area contributed by atoms with Crippen molar-refractivity contribution >= 4 is 39.4 Å². The van der Waals surface area contributed by atoms with E-state index in [1.165, 1.54) is 65.4 Å². The molecule has 3 aromatic rings. The van der Waals surface area contributed by atoms with E-state index in [4.69, 9.17) is 6.42 Å². The maximum Gasteiger partial charge on any atom is 0.108 e. The number of terminal acetylenes is 1. The first-order valence-electron chi connectivity index (χ1n) is 19.1. The number of allylic oxidation sites excluding steroid dienone is 2. The zero-order valence-corrected chi connectivity index (χ0v) is 34.3. The van der Waals surface area contributed by atoms with Crippen LogP contribution in [0.4, 0.5) is 0 Å². The lowest BCUT2D eigenvalue weighted by Gasteiger charge is -2.35. The first-order chi connectivity index (χ1) is 24.7. The van der Waals surface area contributed by atoms with E-state index in [0.29, 0.717) is 12.5 Å². The fourth-order valence-corrected chi connectivity index (χ4v) is 8.13. The Morgan fingerprint density at radius 2 is 1.74 bits per heavy atom. The fraction of sp³-hybridized carbons (Fsp3) is 0.468. The maximum atomic E-state index is 6.18. The van der Waals surface area contributed by atoms with Gasteiger partial charge in [-0.25, -0.2) is 4.31 Å². The molecule has 2 atom stereocenters. The number of fused-ring (bicyclic) bond motifs is 1. The summed E-state index contributed by atoms with van der Waals surface area (Å²) < 4.78 is 8.18. The van der Waals surface area contributed by atoms with Crippen molar-refractivity contribution < 1.29 is 0 Å². The molecular weight excluding hydrogens is 667 g/mol. The van der Waals surface area contributed by atoms with Crippen LogP contribution < -0.4 is 4.72 Å². The number of nitrogens with zero attached hydrogens (tertiary/aromatic N) is 4. The summed E-state index contributed by atoms with van der Waals surface area (Å²) in [6.07, 6.45) is 18.9. The van der Waals surface area contributed by atoms with E-state index >= 15 is 0 Å². The molecule has 1 aromatic heterocycles. The second kappa shape index (κ2) is 19.4. The van der Waals surface area contributed by atoms with Crippen LogP contribution in [-0.4, -0.2) is 64.8 Å². The van der Waals surface area contributed by atoms with Crippen molar-refractivity contribution in [2.75, 3.05) is 34.2 Å². The predicted molar refractivity (Wildman–Crippen MR) is 240 cm³/mol. The summed E-state index contributed by atoms with van der Waals surface area (Å²) in [5, 5.41) is 1.36. The zero-order chi connectivity index (χ0) is 38.2. The molecule has 2 aromatic carbocycles. The molecular formula is C47H69N5S. The van der Waals surface area contributed by atoms with Crippen molar-refractivity contribution in [1.29, 1.82) is 0 Å². The highest BCUT2D eigenvalue weighted by atomic mass is 32.2. The van der Waals surface area contributed by atoms with Gasteiger partial charge in [-0.05, 0) is 104 Å². The highest BCUT2D eigenvalue weighted by Gasteiger charge is 2.28. The fourth-order valence-electron chi connectivity index (χ4n) is 7.55. The van der Waals surface area contributed by atoms with Gasteiger partial charge in [-0.15, -0.1) is 6.42 Å². The maximum absolute atomic E-state index is 6.18. The third-order valence-corrected chi connectivity index (χ3v) is 11.6. The van der Waals surface area contributed by atoms with E-state index in [-0.39, 0.29) is 29.7 Å². The second-order valence-electron chi connectivity index (χ2n) is 15.8. The smallest absolute Gasteiger partial charge is 0.108 e. The summed E-state index contributed by atoms with van der Waals surface area (Å²) in [6, 6.07) is 15.7. The van der Waals surface area contributed by atoms with Crippen molar-refractivity contribution in [1.82, 2.24) is 23.4 Å². The largest absolute Gasteiger partial charge is 0.375 e. The van der Waals surface area contributed by atoms with Crippen LogP contribution >= 0.6 is 10.9 Å². The molecule has 6 heteroatoms. The van der Waals surface area contributed by atoms with Crippen LogP contribution in [0.25, 0.3) is 33.9 Å². The Balaban J connectivity index is 0.00000756. The van der Waals surface area contributed by atoms with Crippen molar-refractivity contribution in [3.05, 3.63) is 96.4 Å². The molecule has 0 amide bonds. The molecule has 4 rings (SSSR count). The standard InChI is InChI=1S/C46H65N5S.CH4/c1-14-30-51-43-31-39(36(6)47-52(13)48(10)11)28-29-42(43)44(38-23-18-17-19-24-38)45(51)41-25-21-20-22-37(41)27-26-34(4)50(16-3)40(15-2)33-49(12)35(5)32-46(7,8)9;/h2,20-22,25-29,31,38,40,47H,4-6,13-14,16-19,23-24,30,32-33H2,1,3,7-12H3;1H4/b27-26+;. The molecule has 1 heterocycles. The topological polar surface area (TPSA) is 26.7 Å². The molecule has 1 aliphatic carbocycles.